The number of rotatable bonds is 3. The highest BCUT2D eigenvalue weighted by Gasteiger charge is 2.12. The summed E-state index contributed by atoms with van der Waals surface area (Å²) in [6.07, 6.45) is 1.08. The van der Waals surface area contributed by atoms with E-state index in [0.717, 1.165) is 13.0 Å². The Hall–Kier alpha value is -1.28. The Balaban J connectivity index is 2.30. The maximum atomic E-state index is 3.57. The summed E-state index contributed by atoms with van der Waals surface area (Å²) in [6, 6.07) is 4.55. The molecule has 0 atom stereocenters. The molecular weight excluding hydrogens is 232 g/mol. The summed E-state index contributed by atoms with van der Waals surface area (Å²) in [6.45, 7) is 14.2. The Morgan fingerprint density at radius 3 is 2.42 bits per heavy atom. The number of nitrogens with one attached hydrogen (secondary N) is 2. The maximum Gasteiger partial charge on any atom is 0.0488 e. The molecule has 0 aliphatic rings. The van der Waals surface area contributed by atoms with E-state index in [1.165, 1.54) is 33.3 Å². The molecule has 104 valence electrons. The second kappa shape index (κ2) is 5.01. The number of hydrogen-bond donors (Lipinski definition) is 2. The number of fused-ring (bicyclic) bond motifs is 1. The van der Waals surface area contributed by atoms with Gasteiger partial charge in [-0.2, -0.15) is 0 Å². The van der Waals surface area contributed by atoms with Gasteiger partial charge in [-0.1, -0.05) is 11.6 Å². The highest BCUT2D eigenvalue weighted by atomic mass is 14.9. The van der Waals surface area contributed by atoms with Crippen LogP contribution in [0.25, 0.3) is 10.9 Å². The lowest BCUT2D eigenvalue weighted by molar-refractivity contribution is 0.429. The van der Waals surface area contributed by atoms with Crippen LogP contribution in [-0.2, 0) is 6.42 Å². The van der Waals surface area contributed by atoms with Crippen LogP contribution in [-0.4, -0.2) is 17.1 Å². The van der Waals surface area contributed by atoms with E-state index in [-0.39, 0.29) is 5.54 Å². The third kappa shape index (κ3) is 3.19. The fourth-order valence-corrected chi connectivity index (χ4v) is 2.72. The van der Waals surface area contributed by atoms with E-state index < -0.39 is 0 Å². The van der Waals surface area contributed by atoms with Crippen LogP contribution >= 0.6 is 0 Å². The van der Waals surface area contributed by atoms with E-state index in [9.17, 15) is 0 Å². The van der Waals surface area contributed by atoms with Crippen molar-refractivity contribution in [1.82, 2.24) is 10.3 Å². The largest absolute Gasteiger partial charge is 0.358 e. The summed E-state index contributed by atoms with van der Waals surface area (Å²) < 4.78 is 0. The molecule has 1 aromatic carbocycles. The molecule has 0 saturated heterocycles. The topological polar surface area (TPSA) is 27.8 Å². The zero-order valence-electron chi connectivity index (χ0n) is 13.1. The molecule has 2 nitrogen and oxygen atoms in total. The van der Waals surface area contributed by atoms with Gasteiger partial charge in [0.05, 0.1) is 0 Å². The van der Waals surface area contributed by atoms with Gasteiger partial charge in [0.1, 0.15) is 0 Å². The Labute approximate surface area is 116 Å². The van der Waals surface area contributed by atoms with Crippen LogP contribution in [0.1, 0.15) is 43.2 Å². The molecule has 0 unspecified atom stereocenters. The summed E-state index contributed by atoms with van der Waals surface area (Å²) in [5.74, 6) is 0. The Morgan fingerprint density at radius 1 is 1.11 bits per heavy atom. The number of H-pyrrole nitrogens is 1. The normalized spacial score (nSPS) is 12.3. The van der Waals surface area contributed by atoms with Crippen LogP contribution in [0.15, 0.2) is 12.1 Å². The monoisotopic (exact) mass is 258 g/mol. The van der Waals surface area contributed by atoms with Gasteiger partial charge < -0.3 is 10.3 Å². The first kappa shape index (κ1) is 14.1. The van der Waals surface area contributed by atoms with Crippen LogP contribution in [0.3, 0.4) is 0 Å². The summed E-state index contributed by atoms with van der Waals surface area (Å²) in [5, 5.41) is 4.96. The van der Waals surface area contributed by atoms with Gasteiger partial charge in [-0.3, -0.25) is 0 Å². The molecular formula is C17H26N2. The first-order chi connectivity index (χ1) is 8.78. The van der Waals surface area contributed by atoms with Crippen molar-refractivity contribution in [2.75, 3.05) is 6.54 Å². The van der Waals surface area contributed by atoms with E-state index in [4.69, 9.17) is 0 Å². The standard InChI is InChI=1S/C17H26N2/c1-11-9-12(2)16-15(10-11)14(13(3)19-16)7-8-18-17(4,5)6/h9-10,18-19H,7-8H2,1-6H3. The van der Waals surface area contributed by atoms with Crippen molar-refractivity contribution in [3.05, 3.63) is 34.5 Å². The minimum Gasteiger partial charge on any atom is -0.358 e. The molecule has 19 heavy (non-hydrogen) atoms. The number of aryl methyl sites for hydroxylation is 3. The summed E-state index contributed by atoms with van der Waals surface area (Å²) >= 11 is 0. The molecule has 0 aliphatic heterocycles. The van der Waals surface area contributed by atoms with Crippen molar-refractivity contribution in [3.63, 3.8) is 0 Å². The Kier molecular flexibility index (Phi) is 3.73. The molecule has 0 saturated carbocycles. The fraction of sp³-hybridized carbons (Fsp3) is 0.529. The molecule has 1 heterocycles. The molecule has 0 aliphatic carbocycles. The van der Waals surface area contributed by atoms with Gasteiger partial charge >= 0.3 is 0 Å². The van der Waals surface area contributed by atoms with Crippen LogP contribution in [0.5, 0.6) is 0 Å². The average molecular weight is 258 g/mol. The van der Waals surface area contributed by atoms with Crippen molar-refractivity contribution in [3.8, 4) is 0 Å². The van der Waals surface area contributed by atoms with Crippen molar-refractivity contribution in [1.29, 1.82) is 0 Å². The van der Waals surface area contributed by atoms with Crippen molar-refractivity contribution >= 4 is 10.9 Å². The van der Waals surface area contributed by atoms with Crippen LogP contribution in [0.2, 0.25) is 0 Å². The molecule has 2 aromatic rings. The third-order valence-electron chi connectivity index (χ3n) is 3.60. The molecule has 2 heteroatoms. The quantitative estimate of drug-likeness (QED) is 0.855. The lowest BCUT2D eigenvalue weighted by atomic mass is 10.0. The van der Waals surface area contributed by atoms with Crippen molar-refractivity contribution in [2.45, 2.75) is 53.5 Å². The van der Waals surface area contributed by atoms with Crippen LogP contribution in [0, 0.1) is 20.8 Å². The third-order valence-corrected chi connectivity index (χ3v) is 3.60. The van der Waals surface area contributed by atoms with Gasteiger partial charge in [0, 0.05) is 22.1 Å². The minimum atomic E-state index is 0.186. The van der Waals surface area contributed by atoms with Crippen LogP contribution < -0.4 is 5.32 Å². The van der Waals surface area contributed by atoms with E-state index in [0.29, 0.717) is 0 Å². The lowest BCUT2D eigenvalue weighted by Gasteiger charge is -2.20. The van der Waals surface area contributed by atoms with Crippen molar-refractivity contribution in [2.24, 2.45) is 0 Å². The number of aromatic amines is 1. The van der Waals surface area contributed by atoms with Gasteiger partial charge in [-0.05, 0) is 71.7 Å². The molecule has 2 rings (SSSR count). The number of aromatic nitrogens is 1. The Morgan fingerprint density at radius 2 is 1.79 bits per heavy atom. The second-order valence-electron chi connectivity index (χ2n) is 6.66. The second-order valence-corrected chi connectivity index (χ2v) is 6.66. The summed E-state index contributed by atoms with van der Waals surface area (Å²) in [7, 11) is 0. The zero-order valence-corrected chi connectivity index (χ0v) is 13.1. The smallest absolute Gasteiger partial charge is 0.0488 e. The van der Waals surface area contributed by atoms with Gasteiger partial charge in [0.2, 0.25) is 0 Å². The molecule has 0 radical (unpaired) electrons. The maximum absolute atomic E-state index is 3.57. The number of benzene rings is 1. The van der Waals surface area contributed by atoms with E-state index in [1.807, 2.05) is 0 Å². The molecule has 0 amide bonds. The van der Waals surface area contributed by atoms with E-state index >= 15 is 0 Å². The zero-order chi connectivity index (χ0) is 14.2. The predicted octanol–water partition coefficient (Wildman–Crippen LogP) is 4.02. The van der Waals surface area contributed by atoms with Gasteiger partial charge in [0.25, 0.3) is 0 Å². The lowest BCUT2D eigenvalue weighted by Crippen LogP contribution is -2.37. The molecule has 0 spiro atoms. The van der Waals surface area contributed by atoms with Gasteiger partial charge in [0.15, 0.2) is 0 Å². The van der Waals surface area contributed by atoms with Gasteiger partial charge in [-0.25, -0.2) is 0 Å². The molecule has 0 fully saturated rings. The highest BCUT2D eigenvalue weighted by molar-refractivity contribution is 5.88. The van der Waals surface area contributed by atoms with E-state index in [2.05, 4.69) is 64.0 Å². The first-order valence-corrected chi connectivity index (χ1v) is 7.11. The molecule has 0 bridgehead atoms. The van der Waals surface area contributed by atoms with Crippen molar-refractivity contribution < 1.29 is 0 Å². The Bertz CT molecular complexity index is 585. The average Bonchev–Trinajstić information content (AvgIpc) is 2.55. The number of hydrogen-bond acceptors (Lipinski definition) is 1. The first-order valence-electron chi connectivity index (χ1n) is 7.11. The molecule has 1 aromatic heterocycles. The predicted molar refractivity (Wildman–Crippen MR) is 84.0 cm³/mol. The summed E-state index contributed by atoms with van der Waals surface area (Å²) in [4.78, 5) is 3.54. The SMILES string of the molecule is Cc1cc(C)c2[nH]c(C)c(CCNC(C)(C)C)c2c1. The summed E-state index contributed by atoms with van der Waals surface area (Å²) in [5.41, 5.74) is 6.93. The van der Waals surface area contributed by atoms with Crippen LogP contribution in [0.4, 0.5) is 0 Å². The fourth-order valence-electron chi connectivity index (χ4n) is 2.72. The molecule has 2 N–H and O–H groups in total. The van der Waals surface area contributed by atoms with Gasteiger partial charge in [-0.15, -0.1) is 0 Å². The highest BCUT2D eigenvalue weighted by Crippen LogP contribution is 2.26. The minimum absolute atomic E-state index is 0.186. The van der Waals surface area contributed by atoms with E-state index in [1.54, 1.807) is 0 Å².